The summed E-state index contributed by atoms with van der Waals surface area (Å²) in [4.78, 5) is 16.7. The molecule has 29 heavy (non-hydrogen) atoms. The number of hydrogen-bond donors (Lipinski definition) is 1. The van der Waals surface area contributed by atoms with Crippen LogP contribution in [-0.2, 0) is 11.3 Å². The molecule has 1 fully saturated rings. The van der Waals surface area contributed by atoms with Gasteiger partial charge in [0, 0.05) is 32.7 Å². The molecular weight excluding hydrogens is 364 g/mol. The first-order valence-corrected chi connectivity index (χ1v) is 10.3. The molecule has 1 N–H and O–H groups in total. The number of hydrazone groups is 1. The lowest BCUT2D eigenvalue weighted by Crippen LogP contribution is -2.48. The van der Waals surface area contributed by atoms with Crippen molar-refractivity contribution in [2.75, 3.05) is 39.3 Å². The van der Waals surface area contributed by atoms with Crippen molar-refractivity contribution in [2.45, 2.75) is 19.9 Å². The maximum atomic E-state index is 12.1. The van der Waals surface area contributed by atoms with Crippen LogP contribution >= 0.6 is 0 Å². The Balaban J connectivity index is 1.35. The zero-order valence-electron chi connectivity index (χ0n) is 17.1. The average molecular weight is 395 g/mol. The molecule has 6 heteroatoms. The molecule has 0 spiro atoms. The van der Waals surface area contributed by atoms with E-state index in [0.29, 0.717) is 13.2 Å². The quantitative estimate of drug-likeness (QED) is 0.525. The SMILES string of the molecule is CCCOc1ccc(C=NNC(=O)CN2CCN(Cc3ccccc3)CC2)cc1. The number of carbonyl (C=O) groups excluding carboxylic acids is 1. The lowest BCUT2D eigenvalue weighted by molar-refractivity contribution is -0.122. The molecule has 1 heterocycles. The summed E-state index contributed by atoms with van der Waals surface area (Å²) in [7, 11) is 0. The zero-order chi connectivity index (χ0) is 20.3. The highest BCUT2D eigenvalue weighted by atomic mass is 16.5. The van der Waals surface area contributed by atoms with Gasteiger partial charge in [-0.05, 0) is 41.8 Å². The fourth-order valence-corrected chi connectivity index (χ4v) is 3.23. The number of hydrogen-bond acceptors (Lipinski definition) is 5. The Hall–Kier alpha value is -2.70. The fraction of sp³-hybridized carbons (Fsp3) is 0.391. The minimum Gasteiger partial charge on any atom is -0.494 e. The van der Waals surface area contributed by atoms with E-state index in [1.54, 1.807) is 6.21 Å². The summed E-state index contributed by atoms with van der Waals surface area (Å²) in [6.45, 7) is 7.86. The number of rotatable bonds is 9. The molecule has 1 aliphatic rings. The van der Waals surface area contributed by atoms with E-state index in [9.17, 15) is 4.79 Å². The molecule has 154 valence electrons. The zero-order valence-corrected chi connectivity index (χ0v) is 17.1. The van der Waals surface area contributed by atoms with Gasteiger partial charge in [-0.15, -0.1) is 0 Å². The van der Waals surface area contributed by atoms with Gasteiger partial charge in [-0.25, -0.2) is 5.43 Å². The summed E-state index contributed by atoms with van der Waals surface area (Å²) in [5, 5.41) is 4.07. The molecule has 1 aliphatic heterocycles. The van der Waals surface area contributed by atoms with Gasteiger partial charge in [0.25, 0.3) is 5.91 Å². The van der Waals surface area contributed by atoms with Gasteiger partial charge in [0.05, 0.1) is 19.4 Å². The van der Waals surface area contributed by atoms with Crippen molar-refractivity contribution >= 4 is 12.1 Å². The number of benzene rings is 2. The molecule has 2 aromatic carbocycles. The molecule has 6 nitrogen and oxygen atoms in total. The van der Waals surface area contributed by atoms with Gasteiger partial charge in [-0.1, -0.05) is 37.3 Å². The fourth-order valence-electron chi connectivity index (χ4n) is 3.23. The highest BCUT2D eigenvalue weighted by Crippen LogP contribution is 2.11. The van der Waals surface area contributed by atoms with E-state index in [4.69, 9.17) is 4.74 Å². The number of ether oxygens (including phenoxy) is 1. The minimum absolute atomic E-state index is 0.0827. The summed E-state index contributed by atoms with van der Waals surface area (Å²) in [5.74, 6) is 0.764. The normalized spacial score (nSPS) is 15.5. The Kier molecular flexibility index (Phi) is 8.22. The van der Waals surface area contributed by atoms with Crippen LogP contribution in [0.25, 0.3) is 0 Å². The van der Waals surface area contributed by atoms with Crippen molar-refractivity contribution in [1.29, 1.82) is 0 Å². The predicted octanol–water partition coefficient (Wildman–Crippen LogP) is 2.74. The van der Waals surface area contributed by atoms with Crippen LogP contribution in [-0.4, -0.2) is 61.3 Å². The highest BCUT2D eigenvalue weighted by Gasteiger charge is 2.18. The van der Waals surface area contributed by atoms with E-state index in [0.717, 1.165) is 50.5 Å². The largest absolute Gasteiger partial charge is 0.494 e. The van der Waals surface area contributed by atoms with Crippen LogP contribution in [0, 0.1) is 0 Å². The minimum atomic E-state index is -0.0827. The Morgan fingerprint density at radius 2 is 1.72 bits per heavy atom. The third-order valence-electron chi connectivity index (χ3n) is 4.84. The molecule has 1 saturated heterocycles. The van der Waals surface area contributed by atoms with Crippen molar-refractivity contribution in [3.8, 4) is 5.75 Å². The highest BCUT2D eigenvalue weighted by molar-refractivity contribution is 5.83. The summed E-state index contributed by atoms with van der Waals surface area (Å²) < 4.78 is 5.55. The van der Waals surface area contributed by atoms with Crippen molar-refractivity contribution in [1.82, 2.24) is 15.2 Å². The predicted molar refractivity (Wildman–Crippen MR) is 116 cm³/mol. The van der Waals surface area contributed by atoms with Crippen LogP contribution in [0.2, 0.25) is 0 Å². The molecule has 3 rings (SSSR count). The van der Waals surface area contributed by atoms with Crippen LogP contribution in [0.5, 0.6) is 5.75 Å². The smallest absolute Gasteiger partial charge is 0.254 e. The summed E-state index contributed by atoms with van der Waals surface area (Å²) in [6.07, 6.45) is 2.64. The van der Waals surface area contributed by atoms with E-state index in [2.05, 4.69) is 51.5 Å². The van der Waals surface area contributed by atoms with E-state index >= 15 is 0 Å². The summed E-state index contributed by atoms with van der Waals surface area (Å²) in [6, 6.07) is 18.2. The maximum Gasteiger partial charge on any atom is 0.254 e. The van der Waals surface area contributed by atoms with E-state index in [1.165, 1.54) is 5.56 Å². The Morgan fingerprint density at radius 3 is 2.41 bits per heavy atom. The van der Waals surface area contributed by atoms with Crippen LogP contribution < -0.4 is 10.2 Å². The molecule has 2 aromatic rings. The number of amides is 1. The first-order chi connectivity index (χ1) is 14.2. The molecule has 0 saturated carbocycles. The Bertz CT molecular complexity index is 769. The van der Waals surface area contributed by atoms with Crippen LogP contribution in [0.4, 0.5) is 0 Å². The van der Waals surface area contributed by atoms with Crippen LogP contribution in [0.3, 0.4) is 0 Å². The third-order valence-corrected chi connectivity index (χ3v) is 4.84. The number of carbonyl (C=O) groups is 1. The second kappa shape index (κ2) is 11.3. The van der Waals surface area contributed by atoms with Gasteiger partial charge in [0.15, 0.2) is 0 Å². The monoisotopic (exact) mass is 394 g/mol. The number of nitrogens with one attached hydrogen (secondary N) is 1. The molecular formula is C23H30N4O2. The standard InChI is InChI=1S/C23H30N4O2/c1-2-16-29-22-10-8-20(9-11-22)17-24-25-23(28)19-27-14-12-26(13-15-27)18-21-6-4-3-5-7-21/h3-11,17H,2,12-16,18-19H2,1H3,(H,25,28). The molecule has 0 bridgehead atoms. The van der Waals surface area contributed by atoms with E-state index in [-0.39, 0.29) is 5.91 Å². The van der Waals surface area contributed by atoms with Crippen molar-refractivity contribution < 1.29 is 9.53 Å². The van der Waals surface area contributed by atoms with E-state index in [1.807, 2.05) is 30.3 Å². The second-order valence-electron chi connectivity index (χ2n) is 7.25. The lowest BCUT2D eigenvalue weighted by Gasteiger charge is -2.34. The third kappa shape index (κ3) is 7.33. The summed E-state index contributed by atoms with van der Waals surface area (Å²) >= 11 is 0. The van der Waals surface area contributed by atoms with Crippen LogP contribution in [0.1, 0.15) is 24.5 Å². The molecule has 0 radical (unpaired) electrons. The van der Waals surface area contributed by atoms with Gasteiger partial charge in [-0.3, -0.25) is 14.6 Å². The van der Waals surface area contributed by atoms with Gasteiger partial charge >= 0.3 is 0 Å². The van der Waals surface area contributed by atoms with Crippen LogP contribution in [0.15, 0.2) is 59.7 Å². The first kappa shape index (κ1) is 21.0. The number of nitrogens with zero attached hydrogens (tertiary/aromatic N) is 3. The van der Waals surface area contributed by atoms with Gasteiger partial charge in [-0.2, -0.15) is 5.10 Å². The van der Waals surface area contributed by atoms with Crippen molar-refractivity contribution in [3.05, 3.63) is 65.7 Å². The molecule has 0 unspecified atom stereocenters. The second-order valence-corrected chi connectivity index (χ2v) is 7.25. The van der Waals surface area contributed by atoms with Crippen molar-refractivity contribution in [3.63, 3.8) is 0 Å². The molecule has 0 aromatic heterocycles. The average Bonchev–Trinajstić information content (AvgIpc) is 2.75. The van der Waals surface area contributed by atoms with Gasteiger partial charge in [0.2, 0.25) is 0 Å². The van der Waals surface area contributed by atoms with Gasteiger partial charge in [0.1, 0.15) is 5.75 Å². The van der Waals surface area contributed by atoms with Gasteiger partial charge < -0.3 is 4.74 Å². The summed E-state index contributed by atoms with van der Waals surface area (Å²) in [5.41, 5.74) is 4.87. The molecule has 1 amide bonds. The molecule has 0 aliphatic carbocycles. The molecule has 0 atom stereocenters. The van der Waals surface area contributed by atoms with E-state index < -0.39 is 0 Å². The lowest BCUT2D eigenvalue weighted by atomic mass is 10.2. The first-order valence-electron chi connectivity index (χ1n) is 10.3. The Morgan fingerprint density at radius 1 is 1.03 bits per heavy atom. The number of piperazine rings is 1. The maximum absolute atomic E-state index is 12.1. The Labute approximate surface area is 173 Å². The van der Waals surface area contributed by atoms with Crippen molar-refractivity contribution in [2.24, 2.45) is 5.10 Å². The topological polar surface area (TPSA) is 57.2 Å².